The molecule has 1 amide bonds. The predicted octanol–water partition coefficient (Wildman–Crippen LogP) is 2.71. The summed E-state index contributed by atoms with van der Waals surface area (Å²) in [5.41, 5.74) is -0.400. The summed E-state index contributed by atoms with van der Waals surface area (Å²) >= 11 is 0. The highest BCUT2D eigenvalue weighted by Gasteiger charge is 2.27. The number of amides is 1. The van der Waals surface area contributed by atoms with Crippen molar-refractivity contribution in [2.45, 2.75) is 65.0 Å². The number of piperidine rings is 2. The molecule has 2 rings (SSSR count). The Kier molecular flexibility index (Phi) is 6.72. The molecule has 0 aliphatic carbocycles. The third kappa shape index (κ3) is 6.30. The Balaban J connectivity index is 1.62. The Hall–Kier alpha value is -0.810. The molecule has 23 heavy (non-hydrogen) atoms. The van der Waals surface area contributed by atoms with Crippen LogP contribution in [0.1, 0.15) is 53.4 Å². The molecule has 0 saturated carbocycles. The lowest BCUT2D eigenvalue weighted by molar-refractivity contribution is 0.0182. The molecule has 0 aromatic heterocycles. The third-order valence-electron chi connectivity index (χ3n) is 5.00. The van der Waals surface area contributed by atoms with Crippen LogP contribution >= 0.6 is 0 Å². The molecule has 5 heteroatoms. The Morgan fingerprint density at radius 1 is 1.09 bits per heavy atom. The molecule has 0 unspecified atom stereocenters. The van der Waals surface area contributed by atoms with E-state index in [9.17, 15) is 4.79 Å². The number of rotatable bonds is 4. The number of ether oxygens (including phenoxy) is 1. The van der Waals surface area contributed by atoms with Crippen molar-refractivity contribution in [2.75, 3.05) is 39.3 Å². The summed E-state index contributed by atoms with van der Waals surface area (Å²) in [5, 5.41) is 3.76. The molecular weight excluding hydrogens is 290 g/mol. The van der Waals surface area contributed by atoms with Crippen LogP contribution < -0.4 is 5.32 Å². The van der Waals surface area contributed by atoms with E-state index in [2.05, 4.69) is 17.1 Å². The second-order valence-corrected chi connectivity index (χ2v) is 8.03. The smallest absolute Gasteiger partial charge is 0.410 e. The molecule has 0 atom stereocenters. The van der Waals surface area contributed by atoms with Gasteiger partial charge in [-0.1, -0.05) is 6.92 Å². The van der Waals surface area contributed by atoms with Crippen LogP contribution in [-0.2, 0) is 4.74 Å². The van der Waals surface area contributed by atoms with Gasteiger partial charge in [0, 0.05) is 19.1 Å². The van der Waals surface area contributed by atoms with Crippen LogP contribution in [-0.4, -0.2) is 66.8 Å². The summed E-state index contributed by atoms with van der Waals surface area (Å²) in [6, 6.07) is 0.682. The van der Waals surface area contributed by atoms with Gasteiger partial charge in [-0.2, -0.15) is 0 Å². The molecule has 2 saturated heterocycles. The van der Waals surface area contributed by atoms with Gasteiger partial charge < -0.3 is 19.9 Å². The minimum absolute atomic E-state index is 0.157. The van der Waals surface area contributed by atoms with Gasteiger partial charge in [0.25, 0.3) is 0 Å². The van der Waals surface area contributed by atoms with Crippen molar-refractivity contribution in [3.8, 4) is 0 Å². The van der Waals surface area contributed by atoms with Crippen molar-refractivity contribution in [3.05, 3.63) is 0 Å². The van der Waals surface area contributed by atoms with Crippen LogP contribution in [0.15, 0.2) is 0 Å². The molecule has 5 nitrogen and oxygen atoms in total. The zero-order valence-corrected chi connectivity index (χ0v) is 15.4. The SMILES string of the molecule is CCN1CCC(NCC2CCN(C(=O)OC(C)(C)C)CC2)CC1. The number of hydrogen-bond acceptors (Lipinski definition) is 4. The van der Waals surface area contributed by atoms with E-state index in [1.165, 1.54) is 32.5 Å². The molecule has 0 radical (unpaired) electrons. The summed E-state index contributed by atoms with van der Waals surface area (Å²) in [6.45, 7) is 14.4. The Morgan fingerprint density at radius 2 is 1.70 bits per heavy atom. The molecule has 0 spiro atoms. The topological polar surface area (TPSA) is 44.8 Å². The van der Waals surface area contributed by atoms with Crippen LogP contribution in [0, 0.1) is 5.92 Å². The van der Waals surface area contributed by atoms with E-state index in [-0.39, 0.29) is 6.09 Å². The highest BCUT2D eigenvalue weighted by Crippen LogP contribution is 2.20. The van der Waals surface area contributed by atoms with E-state index in [0.29, 0.717) is 12.0 Å². The highest BCUT2D eigenvalue weighted by atomic mass is 16.6. The molecule has 2 heterocycles. The van der Waals surface area contributed by atoms with Gasteiger partial charge in [0.2, 0.25) is 0 Å². The monoisotopic (exact) mass is 325 g/mol. The minimum atomic E-state index is -0.400. The standard InChI is InChI=1S/C18H35N3O2/c1-5-20-10-8-16(9-11-20)19-14-15-6-12-21(13-7-15)17(22)23-18(2,3)4/h15-16,19H,5-14H2,1-4H3. The summed E-state index contributed by atoms with van der Waals surface area (Å²) in [4.78, 5) is 16.5. The first-order valence-electron chi connectivity index (χ1n) is 9.31. The lowest BCUT2D eigenvalue weighted by Crippen LogP contribution is -2.46. The minimum Gasteiger partial charge on any atom is -0.444 e. The first-order chi connectivity index (χ1) is 10.9. The third-order valence-corrected chi connectivity index (χ3v) is 5.00. The number of hydrogen-bond donors (Lipinski definition) is 1. The largest absolute Gasteiger partial charge is 0.444 e. The van der Waals surface area contributed by atoms with Crippen LogP contribution in [0.25, 0.3) is 0 Å². The predicted molar refractivity (Wildman–Crippen MR) is 93.7 cm³/mol. The van der Waals surface area contributed by atoms with E-state index in [1.807, 2.05) is 25.7 Å². The molecule has 134 valence electrons. The summed E-state index contributed by atoms with van der Waals surface area (Å²) in [6.07, 6.45) is 4.55. The summed E-state index contributed by atoms with van der Waals surface area (Å²) < 4.78 is 5.45. The quantitative estimate of drug-likeness (QED) is 0.863. The second kappa shape index (κ2) is 8.34. The summed E-state index contributed by atoms with van der Waals surface area (Å²) in [7, 11) is 0. The van der Waals surface area contributed by atoms with Gasteiger partial charge in [-0.15, -0.1) is 0 Å². The molecule has 0 aromatic rings. The fourth-order valence-corrected chi connectivity index (χ4v) is 3.43. The maximum Gasteiger partial charge on any atom is 0.410 e. The average molecular weight is 325 g/mol. The molecule has 2 fully saturated rings. The first-order valence-corrected chi connectivity index (χ1v) is 9.31. The molecule has 2 aliphatic rings. The highest BCUT2D eigenvalue weighted by molar-refractivity contribution is 5.68. The molecule has 0 bridgehead atoms. The van der Waals surface area contributed by atoms with Gasteiger partial charge in [0.15, 0.2) is 0 Å². The van der Waals surface area contributed by atoms with Crippen molar-refractivity contribution in [1.82, 2.24) is 15.1 Å². The first kappa shape index (κ1) is 18.5. The van der Waals surface area contributed by atoms with Crippen molar-refractivity contribution in [2.24, 2.45) is 5.92 Å². The van der Waals surface area contributed by atoms with Crippen molar-refractivity contribution < 1.29 is 9.53 Å². The number of nitrogens with zero attached hydrogens (tertiary/aromatic N) is 2. The van der Waals surface area contributed by atoms with Gasteiger partial charge in [0.1, 0.15) is 5.60 Å². The van der Waals surface area contributed by atoms with E-state index in [0.717, 1.165) is 32.5 Å². The Labute approximate surface area is 141 Å². The van der Waals surface area contributed by atoms with Crippen molar-refractivity contribution in [1.29, 1.82) is 0 Å². The van der Waals surface area contributed by atoms with Gasteiger partial charge in [-0.25, -0.2) is 4.79 Å². The normalized spacial score (nSPS) is 22.3. The van der Waals surface area contributed by atoms with E-state index in [1.54, 1.807) is 0 Å². The van der Waals surface area contributed by atoms with E-state index >= 15 is 0 Å². The van der Waals surface area contributed by atoms with E-state index < -0.39 is 5.60 Å². The van der Waals surface area contributed by atoms with Crippen LogP contribution in [0.3, 0.4) is 0 Å². The number of carbonyl (C=O) groups excluding carboxylic acids is 1. The lowest BCUT2D eigenvalue weighted by Gasteiger charge is -2.35. The van der Waals surface area contributed by atoms with Crippen molar-refractivity contribution >= 4 is 6.09 Å². The number of likely N-dealkylation sites (tertiary alicyclic amines) is 2. The van der Waals surface area contributed by atoms with E-state index in [4.69, 9.17) is 4.74 Å². The van der Waals surface area contributed by atoms with Gasteiger partial charge in [0.05, 0.1) is 0 Å². The molecule has 0 aromatic carbocycles. The second-order valence-electron chi connectivity index (χ2n) is 8.03. The zero-order chi connectivity index (χ0) is 16.9. The van der Waals surface area contributed by atoms with Crippen LogP contribution in [0.2, 0.25) is 0 Å². The van der Waals surface area contributed by atoms with Crippen LogP contribution in [0.5, 0.6) is 0 Å². The fraction of sp³-hybridized carbons (Fsp3) is 0.944. The number of carbonyl (C=O) groups is 1. The molecular formula is C18H35N3O2. The Morgan fingerprint density at radius 3 is 2.22 bits per heavy atom. The number of nitrogens with one attached hydrogen (secondary N) is 1. The molecule has 1 N–H and O–H groups in total. The maximum atomic E-state index is 12.1. The average Bonchev–Trinajstić information content (AvgIpc) is 2.52. The maximum absolute atomic E-state index is 12.1. The fourth-order valence-electron chi connectivity index (χ4n) is 3.43. The van der Waals surface area contributed by atoms with Crippen LogP contribution in [0.4, 0.5) is 4.79 Å². The zero-order valence-electron chi connectivity index (χ0n) is 15.4. The van der Waals surface area contributed by atoms with Gasteiger partial charge in [-0.05, 0) is 78.6 Å². The lowest BCUT2D eigenvalue weighted by atomic mass is 9.96. The Bertz CT molecular complexity index is 365. The molecule has 2 aliphatic heterocycles. The van der Waals surface area contributed by atoms with Gasteiger partial charge in [-0.3, -0.25) is 0 Å². The summed E-state index contributed by atoms with van der Waals surface area (Å²) in [5.74, 6) is 0.692. The van der Waals surface area contributed by atoms with Crippen molar-refractivity contribution in [3.63, 3.8) is 0 Å². The van der Waals surface area contributed by atoms with Gasteiger partial charge >= 0.3 is 6.09 Å².